The maximum absolute atomic E-state index is 14.4. The predicted octanol–water partition coefficient (Wildman–Crippen LogP) is 4.21. The molecule has 5 aromatic rings. The van der Waals surface area contributed by atoms with Gasteiger partial charge in [-0.2, -0.15) is 5.10 Å². The zero-order valence-corrected chi connectivity index (χ0v) is 28.4. The number of esters is 2. The van der Waals surface area contributed by atoms with Crippen LogP contribution in [0.5, 0.6) is 23.0 Å². The molecule has 2 aromatic heterocycles. The van der Waals surface area contributed by atoms with E-state index in [9.17, 15) is 14.4 Å². The molecule has 0 bridgehead atoms. The first kappa shape index (κ1) is 33.0. The van der Waals surface area contributed by atoms with Crippen LogP contribution in [0.4, 0.5) is 0 Å². The van der Waals surface area contributed by atoms with Crippen molar-refractivity contribution >= 4 is 29.4 Å². The molecule has 0 radical (unpaired) electrons. The van der Waals surface area contributed by atoms with Gasteiger partial charge in [0.05, 0.1) is 56.0 Å². The van der Waals surface area contributed by atoms with Crippen LogP contribution in [-0.4, -0.2) is 54.7 Å². The first-order chi connectivity index (χ1) is 23.7. The molecule has 0 amide bonds. The molecule has 250 valence electrons. The molecule has 0 saturated carbocycles. The maximum Gasteiger partial charge on any atom is 0.338 e. The van der Waals surface area contributed by atoms with Crippen LogP contribution in [0.3, 0.4) is 0 Å². The van der Waals surface area contributed by atoms with Crippen LogP contribution in [0.1, 0.15) is 31.0 Å². The van der Waals surface area contributed by atoms with E-state index >= 15 is 0 Å². The SMILES string of the molecule is COC(=O)C1=C(C)N=c2sc(=Cc3cn(-c4ccccc4)nc3-c3ccc(OC)c(OC)c3)c(=O)n2C1c1ccc(OC(C)=O)c(OC)c1. The lowest BCUT2D eigenvalue weighted by Gasteiger charge is -2.25. The van der Waals surface area contributed by atoms with Gasteiger partial charge in [0.2, 0.25) is 0 Å². The predicted molar refractivity (Wildman–Crippen MR) is 182 cm³/mol. The second-order valence-corrected chi connectivity index (χ2v) is 11.9. The molecule has 1 aliphatic heterocycles. The maximum atomic E-state index is 14.4. The Labute approximate surface area is 284 Å². The van der Waals surface area contributed by atoms with Crippen molar-refractivity contribution < 1.29 is 33.3 Å². The molecule has 3 aromatic carbocycles. The molecule has 0 saturated heterocycles. The Bertz CT molecular complexity index is 2300. The lowest BCUT2D eigenvalue weighted by Crippen LogP contribution is -2.39. The summed E-state index contributed by atoms with van der Waals surface area (Å²) in [4.78, 5) is 44.3. The summed E-state index contributed by atoms with van der Waals surface area (Å²) in [6.07, 6.45) is 3.61. The Balaban J connectivity index is 1.56. The molecule has 0 fully saturated rings. The molecule has 0 spiro atoms. The van der Waals surface area contributed by atoms with Gasteiger partial charge in [-0.05, 0) is 61.0 Å². The third-order valence-corrected chi connectivity index (χ3v) is 8.87. The summed E-state index contributed by atoms with van der Waals surface area (Å²) in [5.74, 6) is 0.390. The van der Waals surface area contributed by atoms with Gasteiger partial charge >= 0.3 is 11.9 Å². The van der Waals surface area contributed by atoms with E-state index in [0.717, 1.165) is 11.3 Å². The van der Waals surface area contributed by atoms with E-state index in [-0.39, 0.29) is 22.6 Å². The number of carbonyl (C=O) groups excluding carboxylic acids is 2. The number of methoxy groups -OCH3 is 4. The van der Waals surface area contributed by atoms with E-state index in [1.807, 2.05) is 48.7 Å². The van der Waals surface area contributed by atoms with E-state index in [2.05, 4.69) is 4.99 Å². The Morgan fingerprint density at radius 3 is 2.24 bits per heavy atom. The van der Waals surface area contributed by atoms with Crippen molar-refractivity contribution in [3.63, 3.8) is 0 Å². The van der Waals surface area contributed by atoms with Crippen LogP contribution in [0.15, 0.2) is 94.0 Å². The summed E-state index contributed by atoms with van der Waals surface area (Å²) in [7, 11) is 5.84. The number of hydrogen-bond acceptors (Lipinski definition) is 11. The summed E-state index contributed by atoms with van der Waals surface area (Å²) in [6.45, 7) is 2.98. The van der Waals surface area contributed by atoms with Gasteiger partial charge in [-0.15, -0.1) is 0 Å². The highest BCUT2D eigenvalue weighted by Gasteiger charge is 2.34. The number of ether oxygens (including phenoxy) is 5. The summed E-state index contributed by atoms with van der Waals surface area (Å²) in [5, 5.41) is 4.90. The van der Waals surface area contributed by atoms with E-state index in [0.29, 0.717) is 43.4 Å². The number of benzene rings is 3. The minimum absolute atomic E-state index is 0.187. The summed E-state index contributed by atoms with van der Waals surface area (Å²) in [5.41, 5.74) is 3.57. The van der Waals surface area contributed by atoms with Gasteiger partial charge in [0.15, 0.2) is 27.8 Å². The Morgan fingerprint density at radius 2 is 1.57 bits per heavy atom. The average Bonchev–Trinajstić information content (AvgIpc) is 3.67. The lowest BCUT2D eigenvalue weighted by molar-refractivity contribution is -0.136. The van der Waals surface area contributed by atoms with E-state index in [4.69, 9.17) is 28.8 Å². The number of hydrogen-bond donors (Lipinski definition) is 0. The third kappa shape index (κ3) is 6.23. The fourth-order valence-corrected chi connectivity index (χ4v) is 6.69. The summed E-state index contributed by atoms with van der Waals surface area (Å²) in [6, 6.07) is 19.1. The number of allylic oxidation sites excluding steroid dienone is 1. The third-order valence-electron chi connectivity index (χ3n) is 7.89. The zero-order valence-electron chi connectivity index (χ0n) is 27.5. The van der Waals surface area contributed by atoms with E-state index in [1.54, 1.807) is 56.2 Å². The average molecular weight is 681 g/mol. The van der Waals surface area contributed by atoms with Gasteiger partial charge in [-0.3, -0.25) is 14.2 Å². The first-order valence-electron chi connectivity index (χ1n) is 15.0. The van der Waals surface area contributed by atoms with Gasteiger partial charge in [-0.25, -0.2) is 14.5 Å². The van der Waals surface area contributed by atoms with Crippen molar-refractivity contribution in [3.05, 3.63) is 115 Å². The number of fused-ring (bicyclic) bond motifs is 1. The summed E-state index contributed by atoms with van der Waals surface area (Å²) >= 11 is 1.18. The van der Waals surface area contributed by atoms with Crippen molar-refractivity contribution in [2.45, 2.75) is 19.9 Å². The Kier molecular flexibility index (Phi) is 9.18. The zero-order chi connectivity index (χ0) is 34.8. The number of nitrogens with zero attached hydrogens (tertiary/aromatic N) is 4. The van der Waals surface area contributed by atoms with Crippen LogP contribution in [-0.2, 0) is 14.3 Å². The minimum atomic E-state index is -0.913. The second-order valence-electron chi connectivity index (χ2n) is 10.9. The quantitative estimate of drug-likeness (QED) is 0.166. The number of para-hydroxylation sites is 1. The standard InChI is InChI=1S/C36H32N4O8S/c1-20-31(35(43)47-6)33(23-13-15-27(48-21(2)41)29(17-23)46-5)40-34(42)30(49-36(40)37-20)18-24-19-39(25-10-8-7-9-11-25)38-32(24)22-12-14-26(44-3)28(16-22)45-4/h7-19,33H,1-6H3. The van der Waals surface area contributed by atoms with Gasteiger partial charge in [-0.1, -0.05) is 35.6 Å². The van der Waals surface area contributed by atoms with Gasteiger partial charge in [0, 0.05) is 24.2 Å². The highest BCUT2D eigenvalue weighted by Crippen LogP contribution is 2.37. The molecule has 1 aliphatic rings. The fraction of sp³-hybridized carbons (Fsp3) is 0.194. The molecular weight excluding hydrogens is 648 g/mol. The topological polar surface area (TPSA) is 132 Å². The molecule has 13 heteroatoms. The second kappa shape index (κ2) is 13.6. The van der Waals surface area contributed by atoms with E-state index < -0.39 is 18.0 Å². The normalized spacial score (nSPS) is 14.2. The van der Waals surface area contributed by atoms with Crippen LogP contribution in [0, 0.1) is 0 Å². The monoisotopic (exact) mass is 680 g/mol. The molecule has 0 N–H and O–H groups in total. The molecule has 3 heterocycles. The first-order valence-corrected chi connectivity index (χ1v) is 15.8. The molecule has 1 atom stereocenters. The number of rotatable bonds is 9. The highest BCUT2D eigenvalue weighted by atomic mass is 32.1. The van der Waals surface area contributed by atoms with Gasteiger partial charge in [0.25, 0.3) is 5.56 Å². The molecule has 49 heavy (non-hydrogen) atoms. The van der Waals surface area contributed by atoms with Crippen LogP contribution in [0.2, 0.25) is 0 Å². The smallest absolute Gasteiger partial charge is 0.338 e. The number of thiazole rings is 1. The largest absolute Gasteiger partial charge is 0.493 e. The van der Waals surface area contributed by atoms with Crippen LogP contribution < -0.4 is 33.8 Å². The molecular formula is C36H32N4O8S. The lowest BCUT2D eigenvalue weighted by atomic mass is 9.95. The molecule has 0 aliphatic carbocycles. The van der Waals surface area contributed by atoms with Crippen LogP contribution >= 0.6 is 11.3 Å². The van der Waals surface area contributed by atoms with E-state index in [1.165, 1.54) is 37.0 Å². The Hall–Kier alpha value is -5.95. The fourth-order valence-electron chi connectivity index (χ4n) is 5.66. The Morgan fingerprint density at radius 1 is 0.878 bits per heavy atom. The van der Waals surface area contributed by atoms with Crippen molar-refractivity contribution in [3.8, 4) is 39.9 Å². The molecule has 1 unspecified atom stereocenters. The molecule has 6 rings (SSSR count). The van der Waals surface area contributed by atoms with Crippen molar-refractivity contribution in [1.82, 2.24) is 14.3 Å². The highest BCUT2D eigenvalue weighted by molar-refractivity contribution is 7.07. The van der Waals surface area contributed by atoms with Crippen LogP contribution in [0.25, 0.3) is 23.0 Å². The van der Waals surface area contributed by atoms with Crippen molar-refractivity contribution in [2.75, 3.05) is 28.4 Å². The number of carbonyl (C=O) groups is 2. The minimum Gasteiger partial charge on any atom is -0.493 e. The number of aromatic nitrogens is 3. The van der Waals surface area contributed by atoms with Gasteiger partial charge in [0.1, 0.15) is 5.69 Å². The molecule has 12 nitrogen and oxygen atoms in total. The van der Waals surface area contributed by atoms with Crippen molar-refractivity contribution in [1.29, 1.82) is 0 Å². The summed E-state index contributed by atoms with van der Waals surface area (Å²) < 4.78 is 30.5. The van der Waals surface area contributed by atoms with Crippen molar-refractivity contribution in [2.24, 2.45) is 4.99 Å². The van der Waals surface area contributed by atoms with Gasteiger partial charge < -0.3 is 23.7 Å².